The molecule has 2 aliphatic heterocycles. The Morgan fingerprint density at radius 3 is 2.62 bits per heavy atom. The molecular formula is C29H32BrN5O4. The highest BCUT2D eigenvalue weighted by molar-refractivity contribution is 9.10. The predicted octanol–water partition coefficient (Wildman–Crippen LogP) is 4.53. The third-order valence-corrected chi connectivity index (χ3v) is 8.83. The topological polar surface area (TPSA) is 106 Å². The van der Waals surface area contributed by atoms with Crippen molar-refractivity contribution in [1.29, 1.82) is 0 Å². The second-order valence-corrected chi connectivity index (χ2v) is 12.6. The molecule has 3 fully saturated rings. The van der Waals surface area contributed by atoms with Gasteiger partial charge in [0.05, 0.1) is 18.8 Å². The number of nitrogens with zero attached hydrogens (tertiary/aromatic N) is 3. The van der Waals surface area contributed by atoms with Crippen LogP contribution in [-0.2, 0) is 20.9 Å². The Hall–Kier alpha value is -3.24. The first-order valence-electron chi connectivity index (χ1n) is 13.2. The van der Waals surface area contributed by atoms with Gasteiger partial charge in [0.25, 0.3) is 0 Å². The summed E-state index contributed by atoms with van der Waals surface area (Å²) in [6.45, 7) is 8.96. The molecule has 0 radical (unpaired) electrons. The molecule has 4 heterocycles. The van der Waals surface area contributed by atoms with Crippen molar-refractivity contribution in [3.05, 3.63) is 52.3 Å². The summed E-state index contributed by atoms with van der Waals surface area (Å²) >= 11 is 3.36. The van der Waals surface area contributed by atoms with Gasteiger partial charge >= 0.3 is 0 Å². The van der Waals surface area contributed by atoms with E-state index in [1.165, 1.54) is 6.92 Å². The van der Waals surface area contributed by atoms with Gasteiger partial charge in [0.15, 0.2) is 5.78 Å². The summed E-state index contributed by atoms with van der Waals surface area (Å²) in [5.41, 5.74) is 2.95. The summed E-state index contributed by atoms with van der Waals surface area (Å²) in [5.74, 6) is 0.0680. The fraction of sp³-hybridized carbons (Fsp3) is 0.448. The number of fused-ring (bicyclic) bond motifs is 2. The van der Waals surface area contributed by atoms with Crippen LogP contribution in [0.1, 0.15) is 49.5 Å². The summed E-state index contributed by atoms with van der Waals surface area (Å²) in [4.78, 5) is 45.9. The number of amides is 2. The first-order valence-corrected chi connectivity index (χ1v) is 14.0. The highest BCUT2D eigenvalue weighted by Crippen LogP contribution is 2.59. The predicted molar refractivity (Wildman–Crippen MR) is 152 cm³/mol. The molecule has 0 spiro atoms. The fourth-order valence-corrected chi connectivity index (χ4v) is 6.34. The van der Waals surface area contributed by atoms with Crippen LogP contribution in [0.2, 0.25) is 0 Å². The number of hydrogen-bond donors (Lipinski definition) is 2. The molecule has 9 nitrogen and oxygen atoms in total. The van der Waals surface area contributed by atoms with Gasteiger partial charge in [-0.05, 0) is 84.8 Å². The number of carbonyl (C=O) groups is 3. The number of carbonyl (C=O) groups excluding carboxylic acids is 3. The Bertz CT molecular complexity index is 1530. The van der Waals surface area contributed by atoms with E-state index in [9.17, 15) is 14.4 Å². The number of ether oxygens (including phenoxy) is 1. The van der Waals surface area contributed by atoms with Gasteiger partial charge in [-0.2, -0.15) is 0 Å². The van der Waals surface area contributed by atoms with Gasteiger partial charge in [0, 0.05) is 34.4 Å². The third-order valence-electron chi connectivity index (χ3n) is 8.38. The number of anilines is 2. The maximum Gasteiger partial charge on any atom is 0.248 e. The van der Waals surface area contributed by atoms with Gasteiger partial charge in [-0.1, -0.05) is 13.0 Å². The average Bonchev–Trinajstić information content (AvgIpc) is 3.23. The summed E-state index contributed by atoms with van der Waals surface area (Å²) in [6, 6.07) is 9.04. The van der Waals surface area contributed by atoms with Crippen LogP contribution in [-0.4, -0.2) is 62.9 Å². The highest BCUT2D eigenvalue weighted by atomic mass is 79.9. The molecule has 3 aliphatic rings. The van der Waals surface area contributed by atoms with Crippen molar-refractivity contribution >= 4 is 55.9 Å². The molecule has 10 heteroatoms. The van der Waals surface area contributed by atoms with Crippen molar-refractivity contribution in [3.8, 4) is 0 Å². The Balaban J connectivity index is 1.26. The molecule has 6 rings (SSSR count). The van der Waals surface area contributed by atoms with E-state index in [0.717, 1.165) is 28.6 Å². The molecule has 3 aromatic rings. The molecule has 2 amide bonds. The number of piperidine rings is 1. The first-order chi connectivity index (χ1) is 18.5. The monoisotopic (exact) mass is 593 g/mol. The van der Waals surface area contributed by atoms with E-state index in [-0.39, 0.29) is 41.1 Å². The molecule has 0 bridgehead atoms. The van der Waals surface area contributed by atoms with Gasteiger partial charge in [-0.15, -0.1) is 0 Å². The third kappa shape index (κ3) is 4.63. The summed E-state index contributed by atoms with van der Waals surface area (Å²) in [6.07, 6.45) is 3.26. The van der Waals surface area contributed by atoms with Crippen molar-refractivity contribution in [2.45, 2.75) is 64.7 Å². The van der Waals surface area contributed by atoms with E-state index < -0.39 is 6.04 Å². The standard InChI is InChI=1S/C29H32BrN5O4/c1-16-5-8-24(30)31-26(16)32-27(38)22-10-28(3)11-23(28)35(22)25(37)13-34-12-20(17(2)36)19-9-18(6-7-21(19)34)33-29(4)14-39-15-29/h5-9,12,22-23,33H,10-11,13-15H2,1-4H3,(H,31,32,38)/t22-,23+,28-/m0/s1. The second-order valence-electron chi connectivity index (χ2n) is 11.8. The van der Waals surface area contributed by atoms with Crippen LogP contribution in [0.5, 0.6) is 0 Å². The Kier molecular flexibility index (Phi) is 6.11. The number of benzene rings is 1. The van der Waals surface area contributed by atoms with E-state index >= 15 is 0 Å². The molecular weight excluding hydrogens is 562 g/mol. The maximum atomic E-state index is 13.8. The molecule has 2 aromatic heterocycles. The second kappa shape index (κ2) is 9.16. The van der Waals surface area contributed by atoms with Crippen LogP contribution in [0.3, 0.4) is 0 Å². The number of hydrogen-bond acceptors (Lipinski definition) is 6. The van der Waals surface area contributed by atoms with E-state index in [2.05, 4.69) is 45.4 Å². The number of nitrogens with one attached hydrogen (secondary N) is 2. The highest BCUT2D eigenvalue weighted by Gasteiger charge is 2.64. The zero-order chi connectivity index (χ0) is 27.7. The number of halogens is 1. The number of pyridine rings is 1. The number of aryl methyl sites for hydroxylation is 1. The van der Waals surface area contributed by atoms with Crippen LogP contribution in [0.15, 0.2) is 41.1 Å². The van der Waals surface area contributed by atoms with Crippen LogP contribution in [0.25, 0.3) is 10.9 Å². The van der Waals surface area contributed by atoms with Crippen molar-refractivity contribution in [2.75, 3.05) is 23.8 Å². The van der Waals surface area contributed by atoms with E-state index in [1.807, 2.05) is 41.8 Å². The SMILES string of the molecule is CC(=O)c1cn(CC(=O)N2[C@H](C(=O)Nc3nc(Br)ccc3C)C[C@@]3(C)C[C@@H]23)c2ccc(NC3(C)COC3)cc12. The van der Waals surface area contributed by atoms with Crippen molar-refractivity contribution < 1.29 is 19.1 Å². The van der Waals surface area contributed by atoms with Crippen molar-refractivity contribution in [2.24, 2.45) is 5.41 Å². The molecule has 3 atom stereocenters. The quantitative estimate of drug-likeness (QED) is 0.308. The number of Topliss-reactive ketones (excluding diaryl/α,β-unsaturated/α-hetero) is 1. The number of ketones is 1. The smallest absolute Gasteiger partial charge is 0.248 e. The van der Waals surface area contributed by atoms with Crippen LogP contribution < -0.4 is 10.6 Å². The number of rotatable bonds is 7. The van der Waals surface area contributed by atoms with E-state index in [4.69, 9.17) is 4.74 Å². The minimum atomic E-state index is -0.572. The molecule has 0 unspecified atom stereocenters. The zero-order valence-corrected chi connectivity index (χ0v) is 24.1. The minimum absolute atomic E-state index is 0.0349. The van der Waals surface area contributed by atoms with Crippen molar-refractivity contribution in [3.63, 3.8) is 0 Å². The molecule has 2 N–H and O–H groups in total. The summed E-state index contributed by atoms with van der Waals surface area (Å²) < 4.78 is 7.81. The molecule has 204 valence electrons. The van der Waals surface area contributed by atoms with Gasteiger partial charge in [0.2, 0.25) is 11.8 Å². The van der Waals surface area contributed by atoms with Gasteiger partial charge in [-0.3, -0.25) is 14.4 Å². The lowest BCUT2D eigenvalue weighted by molar-refractivity contribution is -0.138. The minimum Gasteiger partial charge on any atom is -0.376 e. The lowest BCUT2D eigenvalue weighted by atomic mass is 10.00. The zero-order valence-electron chi connectivity index (χ0n) is 22.5. The Labute approximate surface area is 235 Å². The molecule has 1 saturated carbocycles. The number of likely N-dealkylation sites (tertiary alicyclic amines) is 1. The Morgan fingerprint density at radius 2 is 1.92 bits per heavy atom. The lowest BCUT2D eigenvalue weighted by Gasteiger charge is -2.39. The Morgan fingerprint density at radius 1 is 1.15 bits per heavy atom. The molecule has 39 heavy (non-hydrogen) atoms. The normalized spacial score (nSPS) is 24.7. The molecule has 2 saturated heterocycles. The maximum absolute atomic E-state index is 13.8. The van der Waals surface area contributed by atoms with Gasteiger partial charge in [0.1, 0.15) is 23.0 Å². The number of aromatic nitrogens is 2. The van der Waals surface area contributed by atoms with E-state index in [0.29, 0.717) is 35.6 Å². The fourth-order valence-electron chi connectivity index (χ4n) is 6.03. The van der Waals surface area contributed by atoms with Crippen molar-refractivity contribution in [1.82, 2.24) is 14.5 Å². The van der Waals surface area contributed by atoms with Crippen LogP contribution in [0.4, 0.5) is 11.5 Å². The van der Waals surface area contributed by atoms with Gasteiger partial charge < -0.3 is 24.8 Å². The lowest BCUT2D eigenvalue weighted by Crippen LogP contribution is -2.53. The average molecular weight is 595 g/mol. The van der Waals surface area contributed by atoms with Crippen LogP contribution >= 0.6 is 15.9 Å². The molecule has 1 aliphatic carbocycles. The van der Waals surface area contributed by atoms with Gasteiger partial charge in [-0.25, -0.2) is 4.98 Å². The summed E-state index contributed by atoms with van der Waals surface area (Å²) in [7, 11) is 0. The van der Waals surface area contributed by atoms with E-state index in [1.54, 1.807) is 11.1 Å². The summed E-state index contributed by atoms with van der Waals surface area (Å²) in [5, 5.41) is 7.24. The molecule has 1 aromatic carbocycles. The van der Waals surface area contributed by atoms with Crippen LogP contribution in [0, 0.1) is 12.3 Å². The first kappa shape index (κ1) is 26.0. The largest absolute Gasteiger partial charge is 0.376 e.